The normalized spacial score (nSPS) is 10.3. The largest absolute Gasteiger partial charge is 0.259 e. The highest BCUT2D eigenvalue weighted by molar-refractivity contribution is 5.61. The third-order valence-electron chi connectivity index (χ3n) is 3.24. The van der Waals surface area contributed by atoms with Crippen LogP contribution >= 0.6 is 0 Å². The van der Waals surface area contributed by atoms with Gasteiger partial charge in [-0.05, 0) is 11.6 Å². The van der Waals surface area contributed by atoms with Gasteiger partial charge in [0.2, 0.25) is 0 Å². The van der Waals surface area contributed by atoms with Gasteiger partial charge in [0.25, 0.3) is 0 Å². The molecule has 4 heteroatoms. The molecule has 0 saturated heterocycles. The number of nitriles is 1. The van der Waals surface area contributed by atoms with E-state index >= 15 is 0 Å². The van der Waals surface area contributed by atoms with E-state index in [1.165, 1.54) is 6.07 Å². The van der Waals surface area contributed by atoms with E-state index in [0.717, 1.165) is 11.3 Å². The number of nitrogens with zero attached hydrogens (tertiary/aromatic N) is 3. The Morgan fingerprint density at radius 2 is 1.76 bits per heavy atom. The van der Waals surface area contributed by atoms with Crippen LogP contribution in [0.1, 0.15) is 11.3 Å². The highest BCUT2D eigenvalue weighted by atomic mass is 19.1. The molecule has 0 amide bonds. The number of hydrogen-bond acceptors (Lipinski definition) is 2. The Bertz CT molecular complexity index is 800. The number of benzene rings is 2. The van der Waals surface area contributed by atoms with Crippen LogP contribution in [0.2, 0.25) is 0 Å². The van der Waals surface area contributed by atoms with Gasteiger partial charge in [-0.15, -0.1) is 0 Å². The predicted molar refractivity (Wildman–Crippen MR) is 77.9 cm³/mol. The standard InChI is InChI=1S/C17H12FN3/c18-16-9-5-4-8-14(16)12-21-17(10-15(11-19)20-21)13-6-2-1-3-7-13/h1-10H,12H2. The van der Waals surface area contributed by atoms with Crippen LogP contribution in [0.25, 0.3) is 11.3 Å². The number of halogens is 1. The van der Waals surface area contributed by atoms with E-state index in [4.69, 9.17) is 5.26 Å². The van der Waals surface area contributed by atoms with Crippen molar-refractivity contribution in [2.75, 3.05) is 0 Å². The van der Waals surface area contributed by atoms with E-state index < -0.39 is 0 Å². The van der Waals surface area contributed by atoms with Gasteiger partial charge in [-0.2, -0.15) is 10.4 Å². The summed E-state index contributed by atoms with van der Waals surface area (Å²) < 4.78 is 15.5. The summed E-state index contributed by atoms with van der Waals surface area (Å²) >= 11 is 0. The van der Waals surface area contributed by atoms with Gasteiger partial charge in [0.15, 0.2) is 5.69 Å². The lowest BCUT2D eigenvalue weighted by atomic mass is 10.1. The Kier molecular flexibility index (Phi) is 3.48. The molecule has 3 rings (SSSR count). The van der Waals surface area contributed by atoms with Crippen LogP contribution in [0.5, 0.6) is 0 Å². The Morgan fingerprint density at radius 1 is 1.05 bits per heavy atom. The monoisotopic (exact) mass is 277 g/mol. The summed E-state index contributed by atoms with van der Waals surface area (Å²) in [6.07, 6.45) is 0. The van der Waals surface area contributed by atoms with Crippen LogP contribution in [-0.4, -0.2) is 9.78 Å². The van der Waals surface area contributed by atoms with E-state index in [1.807, 2.05) is 36.4 Å². The number of aromatic nitrogens is 2. The van der Waals surface area contributed by atoms with Crippen molar-refractivity contribution in [1.29, 1.82) is 5.26 Å². The third-order valence-corrected chi connectivity index (χ3v) is 3.24. The van der Waals surface area contributed by atoms with Crippen molar-refractivity contribution in [3.8, 4) is 17.3 Å². The molecule has 0 unspecified atom stereocenters. The number of hydrogen-bond donors (Lipinski definition) is 0. The molecule has 2 aromatic carbocycles. The molecule has 0 N–H and O–H groups in total. The van der Waals surface area contributed by atoms with Gasteiger partial charge in [-0.1, -0.05) is 48.5 Å². The van der Waals surface area contributed by atoms with Crippen LogP contribution in [0.3, 0.4) is 0 Å². The van der Waals surface area contributed by atoms with Crippen molar-refractivity contribution in [3.05, 3.63) is 77.7 Å². The van der Waals surface area contributed by atoms with Crippen molar-refractivity contribution in [2.24, 2.45) is 0 Å². The minimum atomic E-state index is -0.273. The van der Waals surface area contributed by atoms with Gasteiger partial charge < -0.3 is 0 Å². The summed E-state index contributed by atoms with van der Waals surface area (Å²) in [6.45, 7) is 0.290. The molecule has 0 aliphatic rings. The molecule has 3 aromatic rings. The average Bonchev–Trinajstić information content (AvgIpc) is 2.93. The highest BCUT2D eigenvalue weighted by Gasteiger charge is 2.11. The van der Waals surface area contributed by atoms with Crippen molar-refractivity contribution >= 4 is 0 Å². The molecule has 0 bridgehead atoms. The lowest BCUT2D eigenvalue weighted by Gasteiger charge is -2.08. The molecule has 0 saturated carbocycles. The van der Waals surface area contributed by atoms with Gasteiger partial charge in [0.1, 0.15) is 11.9 Å². The van der Waals surface area contributed by atoms with Gasteiger partial charge in [0.05, 0.1) is 12.2 Å². The highest BCUT2D eigenvalue weighted by Crippen LogP contribution is 2.21. The zero-order valence-corrected chi connectivity index (χ0v) is 11.2. The summed E-state index contributed by atoms with van der Waals surface area (Å²) in [5.41, 5.74) is 2.62. The fourth-order valence-electron chi connectivity index (χ4n) is 2.22. The van der Waals surface area contributed by atoms with Gasteiger partial charge in [-0.3, -0.25) is 4.68 Å². The minimum Gasteiger partial charge on any atom is -0.259 e. The second-order valence-electron chi connectivity index (χ2n) is 4.64. The zero-order chi connectivity index (χ0) is 14.7. The SMILES string of the molecule is N#Cc1cc(-c2ccccc2)n(Cc2ccccc2F)n1. The lowest BCUT2D eigenvalue weighted by molar-refractivity contribution is 0.586. The molecule has 0 aliphatic carbocycles. The van der Waals surface area contributed by atoms with Crippen LogP contribution < -0.4 is 0 Å². The van der Waals surface area contributed by atoms with Crippen molar-refractivity contribution < 1.29 is 4.39 Å². The maximum atomic E-state index is 13.8. The summed E-state index contributed by atoms with van der Waals surface area (Å²) in [5, 5.41) is 13.3. The maximum absolute atomic E-state index is 13.8. The second kappa shape index (κ2) is 5.59. The molecule has 0 spiro atoms. The number of rotatable bonds is 3. The van der Waals surface area contributed by atoms with Crippen LogP contribution in [0.4, 0.5) is 4.39 Å². The summed E-state index contributed by atoms with van der Waals surface area (Å²) in [7, 11) is 0. The van der Waals surface area contributed by atoms with E-state index in [1.54, 1.807) is 28.9 Å². The lowest BCUT2D eigenvalue weighted by Crippen LogP contribution is -2.05. The molecule has 3 nitrogen and oxygen atoms in total. The molecule has 1 aromatic heterocycles. The summed E-state index contributed by atoms with van der Waals surface area (Å²) in [5.74, 6) is -0.273. The van der Waals surface area contributed by atoms with Crippen LogP contribution in [0, 0.1) is 17.1 Å². The van der Waals surface area contributed by atoms with E-state index in [2.05, 4.69) is 5.10 Å². The topological polar surface area (TPSA) is 41.6 Å². The van der Waals surface area contributed by atoms with Gasteiger partial charge in [0, 0.05) is 11.6 Å². The van der Waals surface area contributed by atoms with E-state index in [-0.39, 0.29) is 5.82 Å². The van der Waals surface area contributed by atoms with Crippen LogP contribution in [0.15, 0.2) is 60.7 Å². The first-order valence-corrected chi connectivity index (χ1v) is 6.54. The molecule has 1 heterocycles. The average molecular weight is 277 g/mol. The zero-order valence-electron chi connectivity index (χ0n) is 11.2. The first kappa shape index (κ1) is 13.1. The van der Waals surface area contributed by atoms with E-state index in [9.17, 15) is 4.39 Å². The predicted octanol–water partition coefficient (Wildman–Crippen LogP) is 3.61. The first-order chi connectivity index (χ1) is 10.3. The molecular formula is C17H12FN3. The molecule has 0 atom stereocenters. The molecule has 21 heavy (non-hydrogen) atoms. The summed E-state index contributed by atoms with van der Waals surface area (Å²) in [4.78, 5) is 0. The van der Waals surface area contributed by atoms with Crippen molar-refractivity contribution in [3.63, 3.8) is 0 Å². The Labute approximate surface area is 121 Å². The Morgan fingerprint density at radius 3 is 2.48 bits per heavy atom. The first-order valence-electron chi connectivity index (χ1n) is 6.54. The molecule has 102 valence electrons. The summed E-state index contributed by atoms with van der Waals surface area (Å²) in [6, 6.07) is 20.0. The van der Waals surface area contributed by atoms with Gasteiger partial charge >= 0.3 is 0 Å². The molecule has 0 radical (unpaired) electrons. The second-order valence-corrected chi connectivity index (χ2v) is 4.64. The molecule has 0 aliphatic heterocycles. The Balaban J connectivity index is 2.05. The molecular weight excluding hydrogens is 265 g/mol. The molecule has 0 fully saturated rings. The fourth-order valence-corrected chi connectivity index (χ4v) is 2.22. The minimum absolute atomic E-state index is 0.273. The van der Waals surface area contributed by atoms with Crippen molar-refractivity contribution in [2.45, 2.75) is 6.54 Å². The van der Waals surface area contributed by atoms with E-state index in [0.29, 0.717) is 17.8 Å². The smallest absolute Gasteiger partial charge is 0.163 e. The van der Waals surface area contributed by atoms with Crippen molar-refractivity contribution in [1.82, 2.24) is 9.78 Å². The maximum Gasteiger partial charge on any atom is 0.163 e. The third kappa shape index (κ3) is 2.67. The Hall–Kier alpha value is -2.93. The fraction of sp³-hybridized carbons (Fsp3) is 0.0588. The van der Waals surface area contributed by atoms with Gasteiger partial charge in [-0.25, -0.2) is 4.39 Å². The van der Waals surface area contributed by atoms with Crippen LogP contribution in [-0.2, 0) is 6.54 Å². The quantitative estimate of drug-likeness (QED) is 0.734.